The smallest absolute Gasteiger partial charge is 0.227 e. The fraction of sp³-hybridized carbons (Fsp3) is 0.409. The van der Waals surface area contributed by atoms with E-state index in [0.29, 0.717) is 5.92 Å². The lowest BCUT2D eigenvalue weighted by Gasteiger charge is -2.31. The third-order valence-electron chi connectivity index (χ3n) is 5.12. The Hall–Kier alpha value is -1.65. The van der Waals surface area contributed by atoms with Crippen molar-refractivity contribution in [2.24, 2.45) is 5.92 Å². The molecule has 1 aliphatic rings. The molecule has 0 aliphatic carbocycles. The van der Waals surface area contributed by atoms with Crippen molar-refractivity contribution in [3.63, 3.8) is 0 Å². The van der Waals surface area contributed by atoms with Crippen LogP contribution < -0.4 is 5.32 Å². The van der Waals surface area contributed by atoms with Gasteiger partial charge >= 0.3 is 0 Å². The zero-order chi connectivity index (χ0) is 18.5. The number of likely N-dealkylation sites (tertiary alicyclic amines) is 1. The first-order chi connectivity index (χ1) is 12.5. The summed E-state index contributed by atoms with van der Waals surface area (Å²) in [7, 11) is 0. The fourth-order valence-corrected chi connectivity index (χ4v) is 3.81. The Morgan fingerprint density at radius 1 is 1.12 bits per heavy atom. The molecule has 0 atom stereocenters. The summed E-state index contributed by atoms with van der Waals surface area (Å²) in [4.78, 5) is 15.1. The van der Waals surface area contributed by atoms with Gasteiger partial charge in [0.25, 0.3) is 0 Å². The highest BCUT2D eigenvalue weighted by Gasteiger charge is 2.25. The van der Waals surface area contributed by atoms with Crippen molar-refractivity contribution in [2.75, 3.05) is 18.4 Å². The van der Waals surface area contributed by atoms with Crippen LogP contribution in [0.5, 0.6) is 0 Å². The minimum atomic E-state index is 0.108. The van der Waals surface area contributed by atoms with Gasteiger partial charge < -0.3 is 5.32 Å². The standard InChI is InChI=1S/C22H27BrN2O/c1-16(2)20-5-3-4-6-21(20)24-22(26)18-11-13-25(14-12-18)15-17-7-9-19(23)10-8-17/h3-10,16,18H,11-15H2,1-2H3,(H,24,26). The number of benzene rings is 2. The van der Waals surface area contributed by atoms with Crippen LogP contribution in [-0.2, 0) is 11.3 Å². The van der Waals surface area contributed by atoms with Crippen molar-refractivity contribution < 1.29 is 4.79 Å². The van der Waals surface area contributed by atoms with E-state index in [1.807, 2.05) is 18.2 Å². The van der Waals surface area contributed by atoms with Crippen molar-refractivity contribution in [3.8, 4) is 0 Å². The molecule has 1 saturated heterocycles. The van der Waals surface area contributed by atoms with Crippen LogP contribution in [0.15, 0.2) is 53.0 Å². The van der Waals surface area contributed by atoms with E-state index in [9.17, 15) is 4.79 Å². The number of carbonyl (C=O) groups excluding carboxylic acids is 1. The first-order valence-electron chi connectivity index (χ1n) is 9.39. The Morgan fingerprint density at radius 2 is 1.77 bits per heavy atom. The number of para-hydroxylation sites is 1. The summed E-state index contributed by atoms with van der Waals surface area (Å²) < 4.78 is 1.11. The average Bonchev–Trinajstić information content (AvgIpc) is 2.64. The van der Waals surface area contributed by atoms with Gasteiger partial charge in [0.1, 0.15) is 0 Å². The Labute approximate surface area is 164 Å². The molecule has 1 amide bonds. The summed E-state index contributed by atoms with van der Waals surface area (Å²) in [5, 5.41) is 3.17. The van der Waals surface area contributed by atoms with Gasteiger partial charge in [-0.3, -0.25) is 9.69 Å². The maximum absolute atomic E-state index is 12.7. The minimum absolute atomic E-state index is 0.108. The third kappa shape index (κ3) is 4.95. The van der Waals surface area contributed by atoms with E-state index >= 15 is 0 Å². The highest BCUT2D eigenvalue weighted by molar-refractivity contribution is 9.10. The zero-order valence-electron chi connectivity index (χ0n) is 15.5. The molecule has 2 aromatic rings. The second-order valence-corrected chi connectivity index (χ2v) is 8.32. The van der Waals surface area contributed by atoms with Crippen LogP contribution in [-0.4, -0.2) is 23.9 Å². The predicted octanol–water partition coefficient (Wildman–Crippen LogP) is 5.42. The Kier molecular flexibility index (Phi) is 6.49. The highest BCUT2D eigenvalue weighted by atomic mass is 79.9. The lowest BCUT2D eigenvalue weighted by molar-refractivity contribution is -0.121. The molecule has 138 valence electrons. The molecule has 0 spiro atoms. The number of hydrogen-bond acceptors (Lipinski definition) is 2. The Morgan fingerprint density at radius 3 is 2.42 bits per heavy atom. The van der Waals surface area contributed by atoms with E-state index in [2.05, 4.69) is 70.3 Å². The first-order valence-corrected chi connectivity index (χ1v) is 10.2. The molecule has 4 heteroatoms. The summed E-state index contributed by atoms with van der Waals surface area (Å²) in [6.45, 7) is 7.22. The minimum Gasteiger partial charge on any atom is -0.326 e. The number of anilines is 1. The first kappa shape index (κ1) is 19.1. The molecule has 3 nitrogen and oxygen atoms in total. The lowest BCUT2D eigenvalue weighted by Crippen LogP contribution is -2.37. The van der Waals surface area contributed by atoms with Gasteiger partial charge in [-0.25, -0.2) is 0 Å². The number of piperidine rings is 1. The SMILES string of the molecule is CC(C)c1ccccc1NC(=O)C1CCN(Cc2ccc(Br)cc2)CC1. The second kappa shape index (κ2) is 8.83. The van der Waals surface area contributed by atoms with Gasteiger partial charge in [0.2, 0.25) is 5.91 Å². The van der Waals surface area contributed by atoms with Crippen molar-refractivity contribution in [3.05, 3.63) is 64.1 Å². The van der Waals surface area contributed by atoms with E-state index in [1.54, 1.807) is 0 Å². The van der Waals surface area contributed by atoms with Crippen LogP contribution in [0.25, 0.3) is 0 Å². The Balaban J connectivity index is 1.53. The fourth-order valence-electron chi connectivity index (χ4n) is 3.55. The van der Waals surface area contributed by atoms with Crippen LogP contribution in [0.2, 0.25) is 0 Å². The summed E-state index contributed by atoms with van der Waals surface area (Å²) >= 11 is 3.48. The number of halogens is 1. The van der Waals surface area contributed by atoms with Crippen molar-refractivity contribution >= 4 is 27.5 Å². The van der Waals surface area contributed by atoms with Crippen LogP contribution in [0.4, 0.5) is 5.69 Å². The van der Waals surface area contributed by atoms with E-state index in [1.165, 1.54) is 11.1 Å². The van der Waals surface area contributed by atoms with Crippen molar-refractivity contribution in [2.45, 2.75) is 39.2 Å². The quantitative estimate of drug-likeness (QED) is 0.707. The topological polar surface area (TPSA) is 32.3 Å². The second-order valence-electron chi connectivity index (χ2n) is 7.41. The van der Waals surface area contributed by atoms with E-state index in [-0.39, 0.29) is 11.8 Å². The van der Waals surface area contributed by atoms with Gasteiger partial charge in [-0.2, -0.15) is 0 Å². The molecule has 0 saturated carbocycles. The maximum atomic E-state index is 12.7. The van der Waals surface area contributed by atoms with E-state index in [0.717, 1.165) is 42.6 Å². The van der Waals surface area contributed by atoms with Gasteiger partial charge in [-0.05, 0) is 61.2 Å². The monoisotopic (exact) mass is 414 g/mol. The molecule has 2 aromatic carbocycles. The van der Waals surface area contributed by atoms with Crippen LogP contribution in [0.1, 0.15) is 43.7 Å². The average molecular weight is 415 g/mol. The van der Waals surface area contributed by atoms with Gasteiger partial charge in [-0.15, -0.1) is 0 Å². The number of hydrogen-bond donors (Lipinski definition) is 1. The molecule has 3 rings (SSSR count). The predicted molar refractivity (Wildman–Crippen MR) is 111 cm³/mol. The van der Waals surface area contributed by atoms with Gasteiger partial charge in [-0.1, -0.05) is 60.1 Å². The van der Waals surface area contributed by atoms with Crippen LogP contribution in [0.3, 0.4) is 0 Å². The molecule has 1 N–H and O–H groups in total. The summed E-state index contributed by atoms with van der Waals surface area (Å²) in [5.74, 6) is 0.678. The summed E-state index contributed by atoms with van der Waals surface area (Å²) in [5.41, 5.74) is 3.49. The number of nitrogens with zero attached hydrogens (tertiary/aromatic N) is 1. The van der Waals surface area contributed by atoms with Crippen LogP contribution >= 0.6 is 15.9 Å². The summed E-state index contributed by atoms with van der Waals surface area (Å²) in [6.07, 6.45) is 1.85. The molecule has 1 aliphatic heterocycles. The molecule has 26 heavy (non-hydrogen) atoms. The van der Waals surface area contributed by atoms with Gasteiger partial charge in [0.15, 0.2) is 0 Å². The Bertz CT molecular complexity index is 734. The molecular formula is C22H27BrN2O. The number of nitrogens with one attached hydrogen (secondary N) is 1. The largest absolute Gasteiger partial charge is 0.326 e. The molecule has 0 unspecified atom stereocenters. The number of amides is 1. The molecule has 0 radical (unpaired) electrons. The molecule has 1 fully saturated rings. The maximum Gasteiger partial charge on any atom is 0.227 e. The lowest BCUT2D eigenvalue weighted by atomic mass is 9.94. The normalized spacial score (nSPS) is 16.0. The molecule has 1 heterocycles. The van der Waals surface area contributed by atoms with Gasteiger partial charge in [0, 0.05) is 22.6 Å². The zero-order valence-corrected chi connectivity index (χ0v) is 17.1. The molecular weight excluding hydrogens is 388 g/mol. The van der Waals surface area contributed by atoms with Crippen molar-refractivity contribution in [1.82, 2.24) is 4.90 Å². The van der Waals surface area contributed by atoms with Crippen LogP contribution in [0, 0.1) is 5.92 Å². The third-order valence-corrected chi connectivity index (χ3v) is 5.65. The van der Waals surface area contributed by atoms with Gasteiger partial charge in [0.05, 0.1) is 0 Å². The molecule has 0 aromatic heterocycles. The van der Waals surface area contributed by atoms with E-state index in [4.69, 9.17) is 0 Å². The van der Waals surface area contributed by atoms with E-state index < -0.39 is 0 Å². The van der Waals surface area contributed by atoms with Crippen molar-refractivity contribution in [1.29, 1.82) is 0 Å². The summed E-state index contributed by atoms with van der Waals surface area (Å²) in [6, 6.07) is 16.6. The highest BCUT2D eigenvalue weighted by Crippen LogP contribution is 2.26. The molecule has 0 bridgehead atoms. The number of carbonyl (C=O) groups is 1. The number of rotatable bonds is 5.